The van der Waals surface area contributed by atoms with Gasteiger partial charge in [-0.15, -0.1) is 11.3 Å². The standard InChI is InChI=1S/C4HBF6NS/c6-4(7,8)3-12-2(1-13-3)5(9,10)11/h1H/q-1. The Balaban J connectivity index is 3.01. The van der Waals surface area contributed by atoms with E-state index in [0.29, 0.717) is 5.38 Å². The molecule has 1 heterocycles. The number of thiazole rings is 1. The Morgan fingerprint density at radius 1 is 1.23 bits per heavy atom. The summed E-state index contributed by atoms with van der Waals surface area (Å²) >= 11 is -0.0571. The molecule has 9 heteroatoms. The zero-order chi connectivity index (χ0) is 10.3. The van der Waals surface area contributed by atoms with Crippen molar-refractivity contribution in [1.29, 1.82) is 0 Å². The van der Waals surface area contributed by atoms with Crippen LogP contribution in [0.2, 0.25) is 0 Å². The van der Waals surface area contributed by atoms with Gasteiger partial charge in [0, 0.05) is 0 Å². The van der Waals surface area contributed by atoms with Crippen LogP contribution in [0.25, 0.3) is 0 Å². The van der Waals surface area contributed by atoms with Crippen LogP contribution in [-0.4, -0.2) is 12.0 Å². The van der Waals surface area contributed by atoms with Crippen LogP contribution in [0.3, 0.4) is 0 Å². The highest BCUT2D eigenvalue weighted by molar-refractivity contribution is 7.11. The van der Waals surface area contributed by atoms with Gasteiger partial charge in [0.2, 0.25) is 0 Å². The Morgan fingerprint density at radius 2 is 1.77 bits per heavy atom. The molecule has 0 bridgehead atoms. The van der Waals surface area contributed by atoms with E-state index in [0.717, 1.165) is 0 Å². The van der Waals surface area contributed by atoms with Crippen molar-refractivity contribution in [2.75, 3.05) is 0 Å². The van der Waals surface area contributed by atoms with Crippen molar-refractivity contribution in [3.63, 3.8) is 0 Å². The molecular weight excluding hydrogens is 219 g/mol. The Labute approximate surface area is 72.5 Å². The van der Waals surface area contributed by atoms with E-state index in [-0.39, 0.29) is 11.3 Å². The van der Waals surface area contributed by atoms with Gasteiger partial charge in [-0.3, -0.25) is 4.98 Å². The lowest BCUT2D eigenvalue weighted by molar-refractivity contribution is -0.137. The topological polar surface area (TPSA) is 12.9 Å². The summed E-state index contributed by atoms with van der Waals surface area (Å²) in [6, 6.07) is 0. The van der Waals surface area contributed by atoms with Crippen molar-refractivity contribution >= 4 is 23.9 Å². The molecule has 0 saturated carbocycles. The van der Waals surface area contributed by atoms with Gasteiger partial charge in [-0.05, 0) is 11.0 Å². The van der Waals surface area contributed by atoms with E-state index in [4.69, 9.17) is 0 Å². The van der Waals surface area contributed by atoms with Crippen molar-refractivity contribution in [2.24, 2.45) is 0 Å². The fourth-order valence-electron chi connectivity index (χ4n) is 0.567. The van der Waals surface area contributed by atoms with Gasteiger partial charge in [0.05, 0.1) is 0 Å². The highest BCUT2D eigenvalue weighted by atomic mass is 32.1. The van der Waals surface area contributed by atoms with Crippen LogP contribution in [0.5, 0.6) is 0 Å². The monoisotopic (exact) mass is 220 g/mol. The molecule has 0 N–H and O–H groups in total. The summed E-state index contributed by atoms with van der Waals surface area (Å²) in [5, 5.41) is -1.11. The summed E-state index contributed by atoms with van der Waals surface area (Å²) in [5.41, 5.74) is -1.45. The second-order valence-corrected chi connectivity index (χ2v) is 3.01. The minimum atomic E-state index is -5.44. The molecule has 0 unspecified atom stereocenters. The number of hydrogen-bond acceptors (Lipinski definition) is 2. The first-order valence-corrected chi connectivity index (χ1v) is 3.82. The smallest absolute Gasteiger partial charge is 0.444 e. The molecule has 0 fully saturated rings. The van der Waals surface area contributed by atoms with Crippen LogP contribution in [-0.2, 0) is 6.18 Å². The minimum Gasteiger partial charge on any atom is -0.444 e. The second kappa shape index (κ2) is 2.90. The van der Waals surface area contributed by atoms with E-state index in [9.17, 15) is 26.1 Å². The number of alkyl halides is 3. The molecule has 0 aromatic carbocycles. The highest BCUT2D eigenvalue weighted by Crippen LogP contribution is 2.30. The lowest BCUT2D eigenvalue weighted by Crippen LogP contribution is -2.35. The van der Waals surface area contributed by atoms with Gasteiger partial charge >= 0.3 is 13.2 Å². The number of nitrogens with zero attached hydrogens (tertiary/aromatic N) is 1. The summed E-state index contributed by atoms with van der Waals surface area (Å²) in [4.78, 5) is 2.45. The maximum absolute atomic E-state index is 11.8. The van der Waals surface area contributed by atoms with Crippen LogP contribution in [0.4, 0.5) is 26.1 Å². The third-order valence-corrected chi connectivity index (χ3v) is 2.01. The Hall–Kier alpha value is -0.725. The number of aromatic nitrogens is 1. The molecule has 1 nitrogen and oxygen atoms in total. The fourth-order valence-corrected chi connectivity index (χ4v) is 1.30. The molecule has 1 aromatic heterocycles. The van der Waals surface area contributed by atoms with E-state index in [1.807, 2.05) is 0 Å². The van der Waals surface area contributed by atoms with Gasteiger partial charge in [-0.2, -0.15) is 13.2 Å². The van der Waals surface area contributed by atoms with E-state index in [2.05, 4.69) is 4.98 Å². The lowest BCUT2D eigenvalue weighted by Gasteiger charge is -2.09. The van der Waals surface area contributed by atoms with Crippen LogP contribution in [0.1, 0.15) is 5.01 Å². The van der Waals surface area contributed by atoms with Crippen LogP contribution in [0.15, 0.2) is 5.38 Å². The zero-order valence-electron chi connectivity index (χ0n) is 5.78. The lowest BCUT2D eigenvalue weighted by atomic mass is 9.88. The molecule has 0 spiro atoms. The molecule has 0 saturated heterocycles. The van der Waals surface area contributed by atoms with Gasteiger partial charge in [-0.1, -0.05) is 0 Å². The van der Waals surface area contributed by atoms with E-state index in [1.54, 1.807) is 0 Å². The van der Waals surface area contributed by atoms with Crippen LogP contribution in [0, 0.1) is 0 Å². The third-order valence-electron chi connectivity index (χ3n) is 1.10. The van der Waals surface area contributed by atoms with Gasteiger partial charge in [0.1, 0.15) is 0 Å². The van der Waals surface area contributed by atoms with Gasteiger partial charge < -0.3 is 12.9 Å². The maximum Gasteiger partial charge on any atom is 0.528 e. The van der Waals surface area contributed by atoms with E-state index in [1.165, 1.54) is 0 Å². The fraction of sp³-hybridized carbons (Fsp3) is 0.250. The highest BCUT2D eigenvalue weighted by Gasteiger charge is 2.37. The van der Waals surface area contributed by atoms with Crippen molar-refractivity contribution in [3.05, 3.63) is 10.4 Å². The molecule has 1 aromatic rings. The van der Waals surface area contributed by atoms with Crippen molar-refractivity contribution in [3.8, 4) is 0 Å². The molecule has 0 aliphatic carbocycles. The molecule has 0 atom stereocenters. The molecule has 0 amide bonds. The normalized spacial score (nSPS) is 13.4. The number of hydrogen-bond donors (Lipinski definition) is 0. The Bertz CT molecular complexity index is 272. The van der Waals surface area contributed by atoms with Crippen molar-refractivity contribution in [1.82, 2.24) is 4.98 Å². The molecule has 0 radical (unpaired) electrons. The summed E-state index contributed by atoms with van der Waals surface area (Å²) in [5.74, 6) is 0. The molecule has 0 aliphatic heterocycles. The summed E-state index contributed by atoms with van der Waals surface area (Å²) < 4.78 is 70.8. The average molecular weight is 220 g/mol. The van der Waals surface area contributed by atoms with Crippen LogP contribution >= 0.6 is 11.3 Å². The first-order valence-electron chi connectivity index (χ1n) is 2.94. The SMILES string of the molecule is F[B-](F)(F)c1csc(C(F)(F)F)n1. The molecular formula is C4HBF6NS-. The van der Waals surface area contributed by atoms with Crippen LogP contribution < -0.4 is 5.59 Å². The molecule has 13 heavy (non-hydrogen) atoms. The Kier molecular flexibility index (Phi) is 2.31. The van der Waals surface area contributed by atoms with Crippen molar-refractivity contribution < 1.29 is 26.1 Å². The molecule has 0 aliphatic rings. The average Bonchev–Trinajstić information content (AvgIpc) is 2.28. The zero-order valence-corrected chi connectivity index (χ0v) is 6.59. The second-order valence-electron chi connectivity index (χ2n) is 2.15. The number of halogens is 6. The molecule has 74 valence electrons. The minimum absolute atomic E-state index is 0.0571. The van der Waals surface area contributed by atoms with Gasteiger partial charge in [0.25, 0.3) is 0 Å². The first-order chi connectivity index (χ1) is 5.71. The first kappa shape index (κ1) is 10.4. The third kappa shape index (κ3) is 2.36. The quantitative estimate of drug-likeness (QED) is 0.522. The Morgan fingerprint density at radius 3 is 2.00 bits per heavy atom. The van der Waals surface area contributed by atoms with Crippen molar-refractivity contribution in [2.45, 2.75) is 6.18 Å². The summed E-state index contributed by atoms with van der Waals surface area (Å²) in [7, 11) is 0. The van der Waals surface area contributed by atoms with Gasteiger partial charge in [0.15, 0.2) is 5.01 Å². The van der Waals surface area contributed by atoms with E-state index >= 15 is 0 Å². The predicted octanol–water partition coefficient (Wildman–Crippen LogP) is 2.22. The van der Waals surface area contributed by atoms with E-state index < -0.39 is 23.8 Å². The summed E-state index contributed by atoms with van der Waals surface area (Å²) in [6.07, 6.45) is -4.80. The molecule has 1 rings (SSSR count). The van der Waals surface area contributed by atoms with Gasteiger partial charge in [-0.25, -0.2) is 0 Å². The predicted molar refractivity (Wildman–Crippen MR) is 35.8 cm³/mol. The summed E-state index contributed by atoms with van der Waals surface area (Å²) in [6.45, 7) is -5.44. The number of rotatable bonds is 1. The largest absolute Gasteiger partial charge is 0.528 e. The maximum atomic E-state index is 11.8.